The molecule has 0 spiro atoms. The fourth-order valence-electron chi connectivity index (χ4n) is 4.12. The van der Waals surface area contributed by atoms with Gasteiger partial charge in [-0.15, -0.1) is 23.1 Å². The lowest BCUT2D eigenvalue weighted by Gasteiger charge is -2.24. The van der Waals surface area contributed by atoms with Crippen LogP contribution in [0, 0.1) is 19.7 Å². The fourth-order valence-corrected chi connectivity index (χ4v) is 6.49. The molecular formula is C25H21ClFN3O3S2. The number of aryl methyl sites for hydroxylation is 2. The minimum Gasteiger partial charge on any atom is -0.461 e. The molecule has 0 saturated carbocycles. The number of carbonyl (C=O) groups excluding carboxylic acids is 2. The molecule has 1 atom stereocenters. The number of benzene rings is 2. The van der Waals surface area contributed by atoms with Crippen LogP contribution in [0.4, 0.5) is 4.39 Å². The van der Waals surface area contributed by atoms with Gasteiger partial charge in [0, 0.05) is 17.7 Å². The monoisotopic (exact) mass is 529 g/mol. The van der Waals surface area contributed by atoms with Crippen LogP contribution in [0.25, 0.3) is 21.4 Å². The molecule has 1 aliphatic rings. The van der Waals surface area contributed by atoms with Gasteiger partial charge in [0.1, 0.15) is 22.9 Å². The number of fused-ring (bicyclic) bond motifs is 1. The maximum absolute atomic E-state index is 13.5. The third kappa shape index (κ3) is 4.68. The molecule has 2 amide bonds. The first-order valence-electron chi connectivity index (χ1n) is 10.9. The quantitative estimate of drug-likeness (QED) is 0.348. The fraction of sp³-hybridized carbons (Fsp3) is 0.240. The normalized spacial score (nSPS) is 15.7. The van der Waals surface area contributed by atoms with Gasteiger partial charge in [0.15, 0.2) is 0 Å². The molecule has 180 valence electrons. The molecule has 2 aromatic heterocycles. The highest BCUT2D eigenvalue weighted by atomic mass is 35.5. The van der Waals surface area contributed by atoms with E-state index in [1.165, 1.54) is 23.5 Å². The van der Waals surface area contributed by atoms with Crippen LogP contribution in [-0.2, 0) is 0 Å². The summed E-state index contributed by atoms with van der Waals surface area (Å²) in [5.74, 6) is 1.01. The number of amides is 2. The number of carbonyl (C=O) groups is 2. The Kier molecular flexibility index (Phi) is 6.57. The third-order valence-electron chi connectivity index (χ3n) is 5.78. The van der Waals surface area contributed by atoms with Crippen molar-refractivity contribution in [2.24, 2.45) is 0 Å². The lowest BCUT2D eigenvalue weighted by Crippen LogP contribution is -2.44. The third-order valence-corrected chi connectivity index (χ3v) is 8.20. The van der Waals surface area contributed by atoms with Crippen molar-refractivity contribution >= 4 is 57.5 Å². The molecule has 0 aliphatic carbocycles. The van der Waals surface area contributed by atoms with Crippen LogP contribution in [0.15, 0.2) is 46.9 Å². The van der Waals surface area contributed by atoms with Gasteiger partial charge >= 0.3 is 0 Å². The first kappa shape index (κ1) is 23.8. The smallest absolute Gasteiger partial charge is 0.275 e. The zero-order valence-corrected chi connectivity index (χ0v) is 21.3. The Morgan fingerprint density at radius 3 is 2.77 bits per heavy atom. The Hall–Kier alpha value is -2.88. The summed E-state index contributed by atoms with van der Waals surface area (Å²) in [7, 11) is 0. The molecule has 35 heavy (non-hydrogen) atoms. The SMILES string of the molecule is Cc1cc2c(C(=O)NC[C@@H]3CSCN3C(=O)c3nc(C)sc3-c3ccc(F)cc3)c(Cl)ccc2o1. The molecule has 0 radical (unpaired) electrons. The predicted octanol–water partition coefficient (Wildman–Crippen LogP) is 5.91. The first-order chi connectivity index (χ1) is 16.8. The number of thiazole rings is 1. The highest BCUT2D eigenvalue weighted by Crippen LogP contribution is 2.33. The van der Waals surface area contributed by atoms with Crippen LogP contribution in [-0.4, -0.2) is 45.9 Å². The van der Waals surface area contributed by atoms with E-state index < -0.39 is 0 Å². The summed E-state index contributed by atoms with van der Waals surface area (Å²) in [6, 6.07) is 11.0. The molecule has 1 fully saturated rings. The van der Waals surface area contributed by atoms with Crippen LogP contribution in [0.2, 0.25) is 5.02 Å². The van der Waals surface area contributed by atoms with Crippen LogP contribution in [0.5, 0.6) is 0 Å². The summed E-state index contributed by atoms with van der Waals surface area (Å²) in [6.07, 6.45) is 0. The number of hydrogen-bond donors (Lipinski definition) is 1. The highest BCUT2D eigenvalue weighted by Gasteiger charge is 2.33. The van der Waals surface area contributed by atoms with Crippen LogP contribution < -0.4 is 5.32 Å². The van der Waals surface area contributed by atoms with E-state index >= 15 is 0 Å². The Bertz CT molecular complexity index is 1430. The number of halogens is 2. The van der Waals surface area contributed by atoms with E-state index in [0.29, 0.717) is 49.5 Å². The lowest BCUT2D eigenvalue weighted by atomic mass is 10.1. The molecule has 10 heteroatoms. The largest absolute Gasteiger partial charge is 0.461 e. The Labute approximate surface area is 214 Å². The average Bonchev–Trinajstić information content (AvgIpc) is 3.55. The second kappa shape index (κ2) is 9.64. The minimum absolute atomic E-state index is 0.205. The van der Waals surface area contributed by atoms with Crippen LogP contribution >= 0.6 is 34.7 Å². The van der Waals surface area contributed by atoms with Gasteiger partial charge in [-0.05, 0) is 49.7 Å². The number of thioether (sulfide) groups is 1. The summed E-state index contributed by atoms with van der Waals surface area (Å²) in [4.78, 5) is 33.5. The summed E-state index contributed by atoms with van der Waals surface area (Å²) in [6.45, 7) is 3.93. The van der Waals surface area contributed by atoms with Crippen molar-refractivity contribution in [3.05, 3.63) is 75.3 Å². The van der Waals surface area contributed by atoms with Crippen LogP contribution in [0.3, 0.4) is 0 Å². The predicted molar refractivity (Wildman–Crippen MR) is 138 cm³/mol. The van der Waals surface area contributed by atoms with E-state index in [1.54, 1.807) is 47.0 Å². The van der Waals surface area contributed by atoms with Gasteiger partial charge in [0.25, 0.3) is 11.8 Å². The molecule has 6 nitrogen and oxygen atoms in total. The molecule has 5 rings (SSSR count). The van der Waals surface area contributed by atoms with Gasteiger partial charge in [0.2, 0.25) is 0 Å². The number of rotatable bonds is 5. The van der Waals surface area contributed by atoms with E-state index in [-0.39, 0.29) is 30.2 Å². The van der Waals surface area contributed by atoms with Crippen molar-refractivity contribution in [2.45, 2.75) is 19.9 Å². The molecule has 1 aliphatic heterocycles. The van der Waals surface area contributed by atoms with Crippen molar-refractivity contribution < 1.29 is 18.4 Å². The molecule has 2 aromatic carbocycles. The second-order valence-electron chi connectivity index (χ2n) is 8.25. The topological polar surface area (TPSA) is 75.4 Å². The van der Waals surface area contributed by atoms with Crippen LogP contribution in [0.1, 0.15) is 31.6 Å². The zero-order chi connectivity index (χ0) is 24.7. The first-order valence-corrected chi connectivity index (χ1v) is 13.3. The van der Waals surface area contributed by atoms with Gasteiger partial charge in [-0.1, -0.05) is 23.7 Å². The van der Waals surface area contributed by atoms with E-state index in [9.17, 15) is 14.0 Å². The summed E-state index contributed by atoms with van der Waals surface area (Å²) >= 11 is 9.37. The molecule has 0 bridgehead atoms. The van der Waals surface area contributed by atoms with Crippen molar-refractivity contribution in [3.8, 4) is 10.4 Å². The second-order valence-corrected chi connectivity index (χ2v) is 10.9. The standard InChI is InChI=1S/C25H21ClFN3O3S2/c1-13-9-18-20(33-13)8-7-19(26)21(18)24(31)28-10-17-11-34-12-30(17)25(32)22-23(35-14(2)29-22)15-3-5-16(27)6-4-15/h3-9,17H,10-12H2,1-2H3,(H,28,31)/t17-/m1/s1. The van der Waals surface area contributed by atoms with Gasteiger partial charge in [-0.25, -0.2) is 9.37 Å². The number of hydrogen-bond acceptors (Lipinski definition) is 6. The highest BCUT2D eigenvalue weighted by molar-refractivity contribution is 7.99. The zero-order valence-electron chi connectivity index (χ0n) is 18.9. The van der Waals surface area contributed by atoms with E-state index in [0.717, 1.165) is 10.6 Å². The van der Waals surface area contributed by atoms with Gasteiger partial charge in [0.05, 0.1) is 32.4 Å². The van der Waals surface area contributed by atoms with Crippen molar-refractivity contribution in [1.29, 1.82) is 0 Å². The number of nitrogens with zero attached hydrogens (tertiary/aromatic N) is 2. The van der Waals surface area contributed by atoms with Crippen molar-refractivity contribution in [3.63, 3.8) is 0 Å². The van der Waals surface area contributed by atoms with E-state index in [2.05, 4.69) is 10.3 Å². The Balaban J connectivity index is 1.35. The van der Waals surface area contributed by atoms with E-state index in [1.807, 2.05) is 13.8 Å². The maximum Gasteiger partial charge on any atom is 0.275 e. The Morgan fingerprint density at radius 2 is 2.00 bits per heavy atom. The Morgan fingerprint density at radius 1 is 1.23 bits per heavy atom. The summed E-state index contributed by atoms with van der Waals surface area (Å²) < 4.78 is 19.0. The molecule has 4 aromatic rings. The number of nitrogens with one attached hydrogen (secondary N) is 1. The average molecular weight is 530 g/mol. The maximum atomic E-state index is 13.5. The molecular weight excluding hydrogens is 509 g/mol. The molecule has 0 unspecified atom stereocenters. The minimum atomic E-state index is -0.337. The van der Waals surface area contributed by atoms with Gasteiger partial charge < -0.3 is 14.6 Å². The van der Waals surface area contributed by atoms with Crippen molar-refractivity contribution in [1.82, 2.24) is 15.2 Å². The summed E-state index contributed by atoms with van der Waals surface area (Å²) in [5.41, 5.74) is 2.05. The molecule has 1 N–H and O–H groups in total. The van der Waals surface area contributed by atoms with E-state index in [4.69, 9.17) is 16.0 Å². The van der Waals surface area contributed by atoms with Gasteiger partial charge in [-0.2, -0.15) is 0 Å². The number of aromatic nitrogens is 1. The number of furan rings is 1. The molecule has 3 heterocycles. The van der Waals surface area contributed by atoms with Gasteiger partial charge in [-0.3, -0.25) is 9.59 Å². The molecule has 1 saturated heterocycles. The van der Waals surface area contributed by atoms with Crippen molar-refractivity contribution in [2.75, 3.05) is 18.2 Å². The lowest BCUT2D eigenvalue weighted by molar-refractivity contribution is 0.0732. The summed E-state index contributed by atoms with van der Waals surface area (Å²) in [5, 5.41) is 4.69.